The van der Waals surface area contributed by atoms with Crippen LogP contribution in [0, 0.1) is 0 Å². The van der Waals surface area contributed by atoms with Crippen LogP contribution in [0.15, 0.2) is 78.2 Å². The number of hydrazone groups is 1. The molecule has 0 spiro atoms. The van der Waals surface area contributed by atoms with E-state index in [2.05, 4.69) is 20.8 Å². The second kappa shape index (κ2) is 8.92. The lowest BCUT2D eigenvalue weighted by Crippen LogP contribution is -2.19. The van der Waals surface area contributed by atoms with Crippen LogP contribution >= 0.6 is 11.6 Å². The van der Waals surface area contributed by atoms with E-state index in [1.54, 1.807) is 61.7 Å². The van der Waals surface area contributed by atoms with E-state index in [1.165, 1.54) is 6.20 Å². The first kappa shape index (κ1) is 19.3. The number of aromatic nitrogens is 1. The number of carbonyl (C=O) groups excluding carboxylic acids is 2. The molecule has 6 nitrogen and oxygen atoms in total. The van der Waals surface area contributed by atoms with Crippen LogP contribution in [0.4, 0.5) is 5.69 Å². The molecule has 2 N–H and O–H groups in total. The fourth-order valence-corrected chi connectivity index (χ4v) is 2.49. The van der Waals surface area contributed by atoms with Crippen LogP contribution in [0.2, 0.25) is 5.02 Å². The van der Waals surface area contributed by atoms with Gasteiger partial charge in [0.1, 0.15) is 0 Å². The van der Waals surface area contributed by atoms with Crippen molar-refractivity contribution < 1.29 is 9.59 Å². The Morgan fingerprint density at radius 3 is 2.21 bits per heavy atom. The maximum absolute atomic E-state index is 12.2. The number of hydrogen-bond donors (Lipinski definition) is 2. The van der Waals surface area contributed by atoms with Gasteiger partial charge in [0.25, 0.3) is 11.8 Å². The maximum atomic E-state index is 12.2. The summed E-state index contributed by atoms with van der Waals surface area (Å²) in [4.78, 5) is 28.1. The molecule has 0 aliphatic carbocycles. The molecule has 0 unspecified atom stereocenters. The van der Waals surface area contributed by atoms with Gasteiger partial charge in [0, 0.05) is 28.7 Å². The molecule has 0 fully saturated rings. The van der Waals surface area contributed by atoms with Gasteiger partial charge in [0.2, 0.25) is 0 Å². The summed E-state index contributed by atoms with van der Waals surface area (Å²) in [6, 6.07) is 17.2. The zero-order chi connectivity index (χ0) is 19.9. The molecule has 0 radical (unpaired) electrons. The number of carbonyl (C=O) groups is 2. The molecular formula is C21H17ClN4O2. The van der Waals surface area contributed by atoms with Crippen LogP contribution in [0.1, 0.15) is 33.2 Å². The quantitative estimate of drug-likeness (QED) is 0.505. The second-order valence-corrected chi connectivity index (χ2v) is 6.35. The number of amides is 2. The van der Waals surface area contributed by atoms with Crippen molar-refractivity contribution in [3.63, 3.8) is 0 Å². The zero-order valence-electron chi connectivity index (χ0n) is 15.0. The molecule has 2 aromatic carbocycles. The van der Waals surface area contributed by atoms with Gasteiger partial charge in [-0.1, -0.05) is 23.7 Å². The molecule has 0 saturated heterocycles. The highest BCUT2D eigenvalue weighted by molar-refractivity contribution is 6.30. The third-order valence-corrected chi connectivity index (χ3v) is 4.17. The van der Waals surface area contributed by atoms with E-state index >= 15 is 0 Å². The molecule has 1 aromatic heterocycles. The number of nitrogens with one attached hydrogen (secondary N) is 2. The van der Waals surface area contributed by atoms with Gasteiger partial charge in [-0.25, -0.2) is 5.43 Å². The molecule has 0 atom stereocenters. The molecule has 140 valence electrons. The Balaban J connectivity index is 1.62. The predicted molar refractivity (Wildman–Crippen MR) is 110 cm³/mol. The van der Waals surface area contributed by atoms with Gasteiger partial charge >= 0.3 is 0 Å². The highest BCUT2D eigenvalue weighted by atomic mass is 35.5. The highest BCUT2D eigenvalue weighted by Crippen LogP contribution is 2.14. The van der Waals surface area contributed by atoms with Gasteiger partial charge in [-0.15, -0.1) is 0 Å². The van der Waals surface area contributed by atoms with Crippen molar-refractivity contribution in [2.45, 2.75) is 6.92 Å². The van der Waals surface area contributed by atoms with E-state index in [4.69, 9.17) is 11.6 Å². The SMILES string of the molecule is CC(=NNC(=O)c1cccnc1)c1ccc(NC(=O)c2ccc(Cl)cc2)cc1. The second-order valence-electron chi connectivity index (χ2n) is 5.92. The molecule has 28 heavy (non-hydrogen) atoms. The first-order valence-corrected chi connectivity index (χ1v) is 8.83. The number of halogens is 1. The smallest absolute Gasteiger partial charge is 0.272 e. The summed E-state index contributed by atoms with van der Waals surface area (Å²) in [6.07, 6.45) is 3.07. The zero-order valence-corrected chi connectivity index (χ0v) is 15.8. The van der Waals surface area contributed by atoms with Gasteiger partial charge in [0.15, 0.2) is 0 Å². The Kier molecular flexibility index (Phi) is 6.14. The minimum atomic E-state index is -0.334. The first-order valence-electron chi connectivity index (χ1n) is 8.45. The van der Waals surface area contributed by atoms with Crippen LogP contribution in [0.3, 0.4) is 0 Å². The fourth-order valence-electron chi connectivity index (χ4n) is 2.36. The average molecular weight is 393 g/mol. The Labute approximate surface area is 167 Å². The van der Waals surface area contributed by atoms with E-state index in [0.29, 0.717) is 27.5 Å². The van der Waals surface area contributed by atoms with Crippen LogP contribution < -0.4 is 10.7 Å². The third-order valence-electron chi connectivity index (χ3n) is 3.92. The van der Waals surface area contributed by atoms with Gasteiger partial charge in [-0.05, 0) is 61.0 Å². The lowest BCUT2D eigenvalue weighted by Gasteiger charge is -2.07. The molecule has 0 saturated carbocycles. The van der Waals surface area contributed by atoms with Gasteiger partial charge < -0.3 is 5.32 Å². The summed E-state index contributed by atoms with van der Waals surface area (Å²) in [7, 11) is 0. The Morgan fingerprint density at radius 1 is 0.893 bits per heavy atom. The summed E-state index contributed by atoms with van der Waals surface area (Å²) in [5, 5.41) is 7.50. The number of benzene rings is 2. The molecule has 2 amide bonds. The summed E-state index contributed by atoms with van der Waals surface area (Å²) in [5.41, 5.74) is 5.54. The minimum Gasteiger partial charge on any atom is -0.322 e. The largest absolute Gasteiger partial charge is 0.322 e. The number of pyridine rings is 1. The van der Waals surface area contributed by atoms with Crippen LogP contribution in [0.5, 0.6) is 0 Å². The number of rotatable bonds is 5. The van der Waals surface area contributed by atoms with Crippen molar-refractivity contribution in [1.29, 1.82) is 0 Å². The lowest BCUT2D eigenvalue weighted by atomic mass is 10.1. The monoisotopic (exact) mass is 392 g/mol. The maximum Gasteiger partial charge on any atom is 0.272 e. The fraction of sp³-hybridized carbons (Fsp3) is 0.0476. The molecule has 1 heterocycles. The molecule has 3 rings (SSSR count). The topological polar surface area (TPSA) is 83.4 Å². The normalized spacial score (nSPS) is 11.0. The molecular weight excluding hydrogens is 376 g/mol. The number of nitrogens with zero attached hydrogens (tertiary/aromatic N) is 2. The van der Waals surface area contributed by atoms with E-state index in [1.807, 2.05) is 12.1 Å². The van der Waals surface area contributed by atoms with Crippen LogP contribution in [0.25, 0.3) is 0 Å². The Hall–Kier alpha value is -3.51. The molecule has 0 bridgehead atoms. The summed E-state index contributed by atoms with van der Waals surface area (Å²) < 4.78 is 0. The van der Waals surface area contributed by atoms with E-state index in [9.17, 15) is 9.59 Å². The van der Waals surface area contributed by atoms with Gasteiger partial charge in [-0.2, -0.15) is 5.10 Å². The minimum absolute atomic E-state index is 0.224. The molecule has 0 aliphatic rings. The van der Waals surface area contributed by atoms with Crippen molar-refractivity contribution in [1.82, 2.24) is 10.4 Å². The van der Waals surface area contributed by atoms with Gasteiger partial charge in [-0.3, -0.25) is 14.6 Å². The van der Waals surface area contributed by atoms with Crippen molar-refractivity contribution in [2.75, 3.05) is 5.32 Å². The predicted octanol–water partition coefficient (Wildman–Crippen LogP) is 4.14. The van der Waals surface area contributed by atoms with E-state index in [0.717, 1.165) is 5.56 Å². The third kappa shape index (κ3) is 5.02. The standard InChI is InChI=1S/C21H17ClN4O2/c1-14(25-26-21(28)17-3-2-12-23-13-17)15-6-10-19(11-7-15)24-20(27)16-4-8-18(22)9-5-16/h2-13H,1H3,(H,24,27)(H,26,28). The van der Waals surface area contributed by atoms with Crippen molar-refractivity contribution in [3.8, 4) is 0 Å². The van der Waals surface area contributed by atoms with Gasteiger partial charge in [0.05, 0.1) is 11.3 Å². The van der Waals surface area contributed by atoms with Crippen molar-refractivity contribution >= 4 is 34.8 Å². The van der Waals surface area contributed by atoms with E-state index in [-0.39, 0.29) is 11.8 Å². The van der Waals surface area contributed by atoms with Crippen LogP contribution in [-0.2, 0) is 0 Å². The Bertz CT molecular complexity index is 1000. The molecule has 7 heteroatoms. The summed E-state index contributed by atoms with van der Waals surface area (Å²) in [6.45, 7) is 1.78. The number of anilines is 1. The van der Waals surface area contributed by atoms with E-state index < -0.39 is 0 Å². The number of hydrogen-bond acceptors (Lipinski definition) is 4. The summed E-state index contributed by atoms with van der Waals surface area (Å²) >= 11 is 5.83. The molecule has 3 aromatic rings. The lowest BCUT2D eigenvalue weighted by molar-refractivity contribution is 0.0953. The van der Waals surface area contributed by atoms with Crippen molar-refractivity contribution in [3.05, 3.63) is 94.8 Å². The summed E-state index contributed by atoms with van der Waals surface area (Å²) in [5.74, 6) is -0.558. The average Bonchev–Trinajstić information content (AvgIpc) is 2.73. The molecule has 0 aliphatic heterocycles. The first-order chi connectivity index (χ1) is 13.5. The van der Waals surface area contributed by atoms with Crippen molar-refractivity contribution in [2.24, 2.45) is 5.10 Å². The highest BCUT2D eigenvalue weighted by Gasteiger charge is 2.07. The Morgan fingerprint density at radius 2 is 1.57 bits per heavy atom. The van der Waals surface area contributed by atoms with Crippen LogP contribution in [-0.4, -0.2) is 22.5 Å².